The lowest BCUT2D eigenvalue weighted by Crippen LogP contribution is -2.03. The Morgan fingerprint density at radius 1 is 1.38 bits per heavy atom. The number of carbonyl (C=O) groups is 1. The van der Waals surface area contributed by atoms with E-state index in [1.165, 1.54) is 6.07 Å². The molecule has 0 aliphatic carbocycles. The summed E-state index contributed by atoms with van der Waals surface area (Å²) in [5, 5.41) is 15.8. The highest BCUT2D eigenvalue weighted by Gasteiger charge is 2.06. The summed E-state index contributed by atoms with van der Waals surface area (Å²) >= 11 is 0. The van der Waals surface area contributed by atoms with Crippen molar-refractivity contribution in [3.8, 4) is 0 Å². The minimum atomic E-state index is -0.503. The van der Waals surface area contributed by atoms with Crippen LogP contribution < -0.4 is 0 Å². The molecule has 0 atom stereocenters. The molecule has 0 saturated heterocycles. The van der Waals surface area contributed by atoms with Crippen LogP contribution >= 0.6 is 0 Å². The Labute approximate surface area is 72.9 Å². The Morgan fingerprint density at radius 3 is 2.92 bits per heavy atom. The third kappa shape index (κ3) is 1.29. The predicted molar refractivity (Wildman–Crippen MR) is 43.2 cm³/mol. The zero-order valence-corrected chi connectivity index (χ0v) is 6.60. The predicted octanol–water partition coefficient (Wildman–Crippen LogP) is 0.398. The fourth-order valence-electron chi connectivity index (χ4n) is 1.05. The van der Waals surface area contributed by atoms with Crippen molar-refractivity contribution in [2.24, 2.45) is 0 Å². The van der Waals surface area contributed by atoms with Crippen LogP contribution in [0.2, 0.25) is 0 Å². The van der Waals surface area contributed by atoms with Crippen LogP contribution in [0.4, 0.5) is 0 Å². The van der Waals surface area contributed by atoms with E-state index < -0.39 is 6.61 Å². The largest absolute Gasteiger partial charge is 0.388 e. The van der Waals surface area contributed by atoms with Gasteiger partial charge in [-0.15, -0.1) is 0 Å². The molecule has 66 valence electrons. The number of rotatable bonds is 2. The van der Waals surface area contributed by atoms with Crippen molar-refractivity contribution >= 4 is 16.8 Å². The van der Waals surface area contributed by atoms with Crippen LogP contribution in [0.5, 0.6) is 0 Å². The fourth-order valence-corrected chi connectivity index (χ4v) is 1.05. The van der Waals surface area contributed by atoms with Gasteiger partial charge in [0.25, 0.3) is 0 Å². The Bertz CT molecular complexity index is 449. The molecule has 0 spiro atoms. The minimum Gasteiger partial charge on any atom is -0.388 e. The van der Waals surface area contributed by atoms with Gasteiger partial charge < -0.3 is 5.11 Å². The third-order valence-corrected chi connectivity index (χ3v) is 1.72. The number of aliphatic hydroxyl groups is 1. The maximum atomic E-state index is 11.1. The molecule has 1 N–H and O–H groups in total. The van der Waals surface area contributed by atoms with E-state index in [-0.39, 0.29) is 5.78 Å². The van der Waals surface area contributed by atoms with Crippen LogP contribution in [0.25, 0.3) is 11.0 Å². The van der Waals surface area contributed by atoms with Gasteiger partial charge in [0.1, 0.15) is 17.6 Å². The van der Waals surface area contributed by atoms with E-state index in [1.54, 1.807) is 12.1 Å². The summed E-state index contributed by atoms with van der Waals surface area (Å²) in [6.45, 7) is -0.503. The van der Waals surface area contributed by atoms with Crippen molar-refractivity contribution in [2.75, 3.05) is 6.61 Å². The Morgan fingerprint density at radius 2 is 2.15 bits per heavy atom. The summed E-state index contributed by atoms with van der Waals surface area (Å²) in [5.41, 5.74) is 1.51. The monoisotopic (exact) mass is 178 g/mol. The Balaban J connectivity index is 2.54. The number of carbonyl (C=O) groups excluding carboxylic acids is 1. The molecule has 0 amide bonds. The zero-order valence-electron chi connectivity index (χ0n) is 6.60. The van der Waals surface area contributed by atoms with E-state index in [4.69, 9.17) is 5.11 Å². The number of aliphatic hydroxyl groups excluding tert-OH is 1. The third-order valence-electron chi connectivity index (χ3n) is 1.72. The normalized spacial score (nSPS) is 10.5. The van der Waals surface area contributed by atoms with Crippen molar-refractivity contribution in [1.82, 2.24) is 10.3 Å². The van der Waals surface area contributed by atoms with Gasteiger partial charge in [0, 0.05) is 5.56 Å². The van der Waals surface area contributed by atoms with Crippen LogP contribution in [0.3, 0.4) is 0 Å². The second-order valence-corrected chi connectivity index (χ2v) is 2.55. The first-order valence-electron chi connectivity index (χ1n) is 3.67. The van der Waals surface area contributed by atoms with Gasteiger partial charge in [-0.3, -0.25) is 4.79 Å². The van der Waals surface area contributed by atoms with Crippen LogP contribution in [0.15, 0.2) is 22.8 Å². The summed E-state index contributed by atoms with van der Waals surface area (Å²) in [5.74, 6) is -0.343. The van der Waals surface area contributed by atoms with Gasteiger partial charge in [0.15, 0.2) is 5.78 Å². The van der Waals surface area contributed by atoms with Crippen LogP contribution in [0, 0.1) is 0 Å². The van der Waals surface area contributed by atoms with E-state index in [0.717, 1.165) is 0 Å². The lowest BCUT2D eigenvalue weighted by molar-refractivity contribution is 0.0904. The first kappa shape index (κ1) is 7.88. The van der Waals surface area contributed by atoms with E-state index in [0.29, 0.717) is 16.6 Å². The van der Waals surface area contributed by atoms with E-state index in [1.807, 2.05) is 0 Å². The molecule has 2 aromatic rings. The summed E-state index contributed by atoms with van der Waals surface area (Å²) < 4.78 is 4.46. The Hall–Kier alpha value is -1.75. The summed E-state index contributed by atoms with van der Waals surface area (Å²) in [4.78, 5) is 11.1. The van der Waals surface area contributed by atoms with E-state index in [2.05, 4.69) is 14.9 Å². The maximum absolute atomic E-state index is 11.1. The van der Waals surface area contributed by atoms with E-state index >= 15 is 0 Å². The van der Waals surface area contributed by atoms with Gasteiger partial charge in [0.05, 0.1) is 0 Å². The molecular formula is C8H6N2O3. The molecule has 5 nitrogen and oxygen atoms in total. The molecule has 0 saturated carbocycles. The number of fused-ring (bicyclic) bond motifs is 1. The van der Waals surface area contributed by atoms with Crippen molar-refractivity contribution in [2.45, 2.75) is 0 Å². The summed E-state index contributed by atoms with van der Waals surface area (Å²) in [7, 11) is 0. The van der Waals surface area contributed by atoms with Gasteiger partial charge in [-0.05, 0) is 28.5 Å². The van der Waals surface area contributed by atoms with Crippen molar-refractivity contribution < 1.29 is 14.5 Å². The zero-order chi connectivity index (χ0) is 9.26. The molecule has 1 aromatic heterocycles. The van der Waals surface area contributed by atoms with E-state index in [9.17, 15) is 4.79 Å². The van der Waals surface area contributed by atoms with Crippen LogP contribution in [0.1, 0.15) is 10.4 Å². The minimum absolute atomic E-state index is 0.343. The molecule has 0 aliphatic heterocycles. The number of benzene rings is 1. The summed E-state index contributed by atoms with van der Waals surface area (Å²) in [6, 6.07) is 4.73. The molecule has 0 radical (unpaired) electrons. The number of hydrogen-bond donors (Lipinski definition) is 1. The molecule has 1 aromatic carbocycles. The average molecular weight is 178 g/mol. The molecule has 5 heteroatoms. The number of ketones is 1. The highest BCUT2D eigenvalue weighted by atomic mass is 16.6. The fraction of sp³-hybridized carbons (Fsp3) is 0.125. The number of aromatic nitrogens is 2. The molecule has 2 rings (SSSR count). The number of Topliss-reactive ketones (excluding diaryl/α,β-unsaturated/α-hetero) is 1. The molecule has 13 heavy (non-hydrogen) atoms. The Kier molecular flexibility index (Phi) is 1.79. The molecule has 0 fully saturated rings. The first-order chi connectivity index (χ1) is 6.31. The summed E-state index contributed by atoms with van der Waals surface area (Å²) in [6.07, 6.45) is 0. The second-order valence-electron chi connectivity index (χ2n) is 2.55. The quantitative estimate of drug-likeness (QED) is 0.673. The van der Waals surface area contributed by atoms with Crippen molar-refractivity contribution in [1.29, 1.82) is 0 Å². The highest BCUT2D eigenvalue weighted by molar-refractivity contribution is 5.99. The average Bonchev–Trinajstić information content (AvgIpc) is 2.63. The topological polar surface area (TPSA) is 76.2 Å². The van der Waals surface area contributed by atoms with Crippen molar-refractivity contribution in [3.63, 3.8) is 0 Å². The van der Waals surface area contributed by atoms with Crippen molar-refractivity contribution in [3.05, 3.63) is 23.8 Å². The standard InChI is InChI=1S/C8H6N2O3/c11-4-8(12)5-1-2-6-7(3-5)10-13-9-6/h1-3,11H,4H2. The van der Waals surface area contributed by atoms with Gasteiger partial charge in [-0.2, -0.15) is 0 Å². The van der Waals surface area contributed by atoms with Gasteiger partial charge >= 0.3 is 0 Å². The molecule has 0 unspecified atom stereocenters. The highest BCUT2D eigenvalue weighted by Crippen LogP contribution is 2.11. The number of hydrogen-bond acceptors (Lipinski definition) is 5. The second kappa shape index (κ2) is 2.95. The number of nitrogens with zero attached hydrogens (tertiary/aromatic N) is 2. The van der Waals surface area contributed by atoms with Gasteiger partial charge in [-0.25, -0.2) is 4.63 Å². The molecule has 0 bridgehead atoms. The smallest absolute Gasteiger partial charge is 0.188 e. The lowest BCUT2D eigenvalue weighted by atomic mass is 10.1. The molecular weight excluding hydrogens is 172 g/mol. The van der Waals surface area contributed by atoms with Crippen LogP contribution in [-0.2, 0) is 0 Å². The van der Waals surface area contributed by atoms with Gasteiger partial charge in [-0.1, -0.05) is 0 Å². The first-order valence-corrected chi connectivity index (χ1v) is 3.67. The maximum Gasteiger partial charge on any atom is 0.188 e. The lowest BCUT2D eigenvalue weighted by Gasteiger charge is -1.94. The molecule has 1 heterocycles. The molecule has 0 aliphatic rings. The SMILES string of the molecule is O=C(CO)c1ccc2nonc2c1. The van der Waals surface area contributed by atoms with Gasteiger partial charge in [0.2, 0.25) is 0 Å². The van der Waals surface area contributed by atoms with Crippen LogP contribution in [-0.4, -0.2) is 27.8 Å².